The Labute approximate surface area is 223 Å². The first-order chi connectivity index (χ1) is 18.6. The summed E-state index contributed by atoms with van der Waals surface area (Å²) in [6, 6.07) is 7.43. The van der Waals surface area contributed by atoms with Gasteiger partial charge in [-0.1, -0.05) is 19.8 Å². The van der Waals surface area contributed by atoms with Crippen molar-refractivity contribution in [3.05, 3.63) is 36.0 Å². The zero-order chi connectivity index (χ0) is 26.7. The lowest BCUT2D eigenvalue weighted by molar-refractivity contribution is -0.146. The summed E-state index contributed by atoms with van der Waals surface area (Å²) in [5, 5.41) is 6.73. The third kappa shape index (κ3) is 7.48. The molecule has 1 aliphatic heterocycles. The molecule has 2 aromatic heterocycles. The molecule has 38 heavy (non-hydrogen) atoms. The van der Waals surface area contributed by atoms with E-state index in [1.54, 1.807) is 13.2 Å². The fraction of sp³-hybridized carbons (Fsp3) is 0.519. The van der Waals surface area contributed by atoms with Crippen molar-refractivity contribution in [2.45, 2.75) is 32.7 Å². The third-order valence-electron chi connectivity index (χ3n) is 6.53. The summed E-state index contributed by atoms with van der Waals surface area (Å²) < 4.78 is 18.8. The number of esters is 1. The lowest BCUT2D eigenvalue weighted by atomic mass is 10.2. The van der Waals surface area contributed by atoms with E-state index in [9.17, 15) is 4.79 Å². The number of nitrogens with two attached hydrogens (primary N) is 1. The van der Waals surface area contributed by atoms with Crippen molar-refractivity contribution in [1.29, 1.82) is 0 Å². The van der Waals surface area contributed by atoms with E-state index in [1.165, 1.54) is 0 Å². The molecule has 4 rings (SSSR count). The van der Waals surface area contributed by atoms with Crippen LogP contribution in [0.2, 0.25) is 0 Å². The Hall–Kier alpha value is -3.57. The number of methoxy groups -OCH3 is 1. The van der Waals surface area contributed by atoms with Gasteiger partial charge >= 0.3 is 5.97 Å². The van der Waals surface area contributed by atoms with Crippen LogP contribution < -0.4 is 25.8 Å². The molecule has 11 heteroatoms. The Bertz CT molecular complexity index is 1190. The van der Waals surface area contributed by atoms with Gasteiger partial charge < -0.3 is 35.1 Å². The molecule has 0 bridgehead atoms. The first kappa shape index (κ1) is 27.5. The molecule has 206 valence electrons. The Morgan fingerprint density at radius 1 is 1.18 bits per heavy atom. The number of nitrogens with one attached hydrogen (secondary N) is 2. The number of benzene rings is 1. The van der Waals surface area contributed by atoms with E-state index in [4.69, 9.17) is 19.9 Å². The van der Waals surface area contributed by atoms with Crippen LogP contribution in [-0.2, 0) is 16.1 Å². The predicted octanol–water partition coefficient (Wildman–Crippen LogP) is 2.50. The summed E-state index contributed by atoms with van der Waals surface area (Å²) in [6.45, 7) is 8.28. The van der Waals surface area contributed by atoms with Gasteiger partial charge in [-0.2, -0.15) is 4.98 Å². The molecule has 3 heterocycles. The zero-order valence-electron chi connectivity index (χ0n) is 22.4. The Morgan fingerprint density at radius 2 is 2.03 bits per heavy atom. The van der Waals surface area contributed by atoms with Gasteiger partial charge in [0.05, 0.1) is 19.2 Å². The molecular weight excluding hydrogens is 486 g/mol. The van der Waals surface area contributed by atoms with Gasteiger partial charge in [-0.25, -0.2) is 9.78 Å². The molecule has 0 unspecified atom stereocenters. The van der Waals surface area contributed by atoms with E-state index in [0.717, 1.165) is 75.1 Å². The van der Waals surface area contributed by atoms with Crippen LogP contribution in [0, 0.1) is 0 Å². The number of unbranched alkanes of at least 4 members (excludes halogenated alkanes) is 2. The maximum Gasteiger partial charge on any atom is 0.344 e. The molecule has 0 aliphatic carbocycles. The molecular formula is C27H39N7O4. The monoisotopic (exact) mass is 525 g/mol. The topological polar surface area (TPSA) is 129 Å². The third-order valence-corrected chi connectivity index (χ3v) is 6.53. The fourth-order valence-corrected chi connectivity index (χ4v) is 4.52. The van der Waals surface area contributed by atoms with Crippen LogP contribution in [0.4, 0.5) is 11.8 Å². The number of carbonyl (C=O) groups excluding carboxylic acids is 1. The molecule has 1 saturated heterocycles. The number of rotatable bonds is 14. The minimum atomic E-state index is -0.387. The number of aromatic nitrogens is 3. The lowest BCUT2D eigenvalue weighted by Gasteiger charge is -2.26. The molecule has 3 aromatic rings. The standard InChI is InChI=1S/C27H39N7O4/c1-3-4-5-9-30-26-25-22(31-27(28)32-26)8-12-34(25)18-20-17-21(6-7-23(20)36-2)38-19-24(35)37-16-15-33-13-10-29-11-14-33/h6-8,12,17,29H,3-5,9-11,13-16,18-19H2,1-2H3,(H3,28,30,31,32). The first-order valence-corrected chi connectivity index (χ1v) is 13.3. The number of ether oxygens (including phenoxy) is 3. The molecule has 11 nitrogen and oxygen atoms in total. The highest BCUT2D eigenvalue weighted by molar-refractivity contribution is 5.87. The SMILES string of the molecule is CCCCCNc1nc(N)nc2ccn(Cc3cc(OCC(=O)OCCN4CCNCC4)ccc3OC)c12. The van der Waals surface area contributed by atoms with Crippen LogP contribution >= 0.6 is 0 Å². The van der Waals surface area contributed by atoms with Crippen molar-refractivity contribution >= 4 is 28.8 Å². The highest BCUT2D eigenvalue weighted by atomic mass is 16.6. The minimum Gasteiger partial charge on any atom is -0.496 e. The van der Waals surface area contributed by atoms with Crippen LogP contribution in [0.1, 0.15) is 31.7 Å². The maximum absolute atomic E-state index is 12.2. The number of hydrogen-bond acceptors (Lipinski definition) is 10. The van der Waals surface area contributed by atoms with Gasteiger partial charge in [0.15, 0.2) is 12.4 Å². The van der Waals surface area contributed by atoms with E-state index in [-0.39, 0.29) is 18.5 Å². The van der Waals surface area contributed by atoms with E-state index in [1.807, 2.05) is 24.4 Å². The average Bonchev–Trinajstić information content (AvgIpc) is 3.33. The number of nitrogens with zero attached hydrogens (tertiary/aromatic N) is 4. The number of piperazine rings is 1. The van der Waals surface area contributed by atoms with Gasteiger partial charge in [0.25, 0.3) is 0 Å². The van der Waals surface area contributed by atoms with Crippen molar-refractivity contribution in [2.24, 2.45) is 0 Å². The Morgan fingerprint density at radius 3 is 2.82 bits per heavy atom. The van der Waals surface area contributed by atoms with Crippen molar-refractivity contribution in [1.82, 2.24) is 24.8 Å². The summed E-state index contributed by atoms with van der Waals surface area (Å²) in [6.07, 6.45) is 5.30. The van der Waals surface area contributed by atoms with E-state index in [0.29, 0.717) is 30.5 Å². The molecule has 0 saturated carbocycles. The molecule has 0 spiro atoms. The quantitative estimate of drug-likeness (QED) is 0.213. The van der Waals surface area contributed by atoms with Crippen molar-refractivity contribution in [3.8, 4) is 11.5 Å². The predicted molar refractivity (Wildman–Crippen MR) is 148 cm³/mol. The first-order valence-electron chi connectivity index (χ1n) is 13.3. The molecule has 0 radical (unpaired) electrons. The number of hydrogen-bond donors (Lipinski definition) is 3. The second-order valence-electron chi connectivity index (χ2n) is 9.32. The summed E-state index contributed by atoms with van der Waals surface area (Å²) in [5.41, 5.74) is 8.49. The van der Waals surface area contributed by atoms with Gasteiger partial charge in [0.2, 0.25) is 5.95 Å². The van der Waals surface area contributed by atoms with E-state index < -0.39 is 0 Å². The normalized spacial score (nSPS) is 13.9. The largest absolute Gasteiger partial charge is 0.496 e. The number of anilines is 2. The average molecular weight is 526 g/mol. The van der Waals surface area contributed by atoms with Crippen LogP contribution in [0.5, 0.6) is 11.5 Å². The number of fused-ring (bicyclic) bond motifs is 1. The highest BCUT2D eigenvalue weighted by Gasteiger charge is 2.15. The van der Waals surface area contributed by atoms with Crippen LogP contribution in [0.3, 0.4) is 0 Å². The smallest absolute Gasteiger partial charge is 0.344 e. The van der Waals surface area contributed by atoms with Gasteiger partial charge in [-0.05, 0) is 30.7 Å². The summed E-state index contributed by atoms with van der Waals surface area (Å²) >= 11 is 0. The Balaban J connectivity index is 1.40. The molecule has 1 aliphatic rings. The van der Waals surface area contributed by atoms with Gasteiger partial charge in [0, 0.05) is 51.0 Å². The molecule has 1 aromatic carbocycles. The van der Waals surface area contributed by atoms with Crippen LogP contribution in [0.15, 0.2) is 30.5 Å². The van der Waals surface area contributed by atoms with Crippen LogP contribution in [0.25, 0.3) is 11.0 Å². The molecule has 1 fully saturated rings. The maximum atomic E-state index is 12.2. The van der Waals surface area contributed by atoms with Crippen molar-refractivity contribution in [2.75, 3.05) is 70.6 Å². The molecule has 4 N–H and O–H groups in total. The Kier molecular flexibility index (Phi) is 9.99. The van der Waals surface area contributed by atoms with Gasteiger partial charge in [0.1, 0.15) is 23.6 Å². The van der Waals surface area contributed by atoms with Gasteiger partial charge in [-0.15, -0.1) is 0 Å². The second kappa shape index (κ2) is 13.8. The van der Waals surface area contributed by atoms with E-state index >= 15 is 0 Å². The minimum absolute atomic E-state index is 0.154. The molecule has 0 amide bonds. The zero-order valence-corrected chi connectivity index (χ0v) is 22.4. The fourth-order valence-electron chi connectivity index (χ4n) is 4.52. The van der Waals surface area contributed by atoms with Gasteiger partial charge in [-0.3, -0.25) is 4.90 Å². The summed E-state index contributed by atoms with van der Waals surface area (Å²) in [7, 11) is 1.63. The van der Waals surface area contributed by atoms with E-state index in [2.05, 4.69) is 37.0 Å². The van der Waals surface area contributed by atoms with Crippen LogP contribution in [-0.4, -0.2) is 85.0 Å². The molecule has 0 atom stereocenters. The highest BCUT2D eigenvalue weighted by Crippen LogP contribution is 2.29. The second-order valence-corrected chi connectivity index (χ2v) is 9.32. The van der Waals surface area contributed by atoms with Crippen molar-refractivity contribution < 1.29 is 19.0 Å². The number of carbonyl (C=O) groups is 1. The summed E-state index contributed by atoms with van der Waals surface area (Å²) in [4.78, 5) is 23.4. The lowest BCUT2D eigenvalue weighted by Crippen LogP contribution is -2.44. The summed E-state index contributed by atoms with van der Waals surface area (Å²) in [5.74, 6) is 1.84. The van der Waals surface area contributed by atoms with Crippen molar-refractivity contribution in [3.63, 3.8) is 0 Å². The number of nitrogen functional groups attached to an aromatic ring is 1.